The number of carbonyl (C=O) groups is 1. The van der Waals surface area contributed by atoms with Crippen molar-refractivity contribution in [1.82, 2.24) is 29.4 Å². The van der Waals surface area contributed by atoms with E-state index in [0.29, 0.717) is 53.7 Å². The fourth-order valence-corrected chi connectivity index (χ4v) is 4.10. The van der Waals surface area contributed by atoms with E-state index in [9.17, 15) is 9.59 Å². The van der Waals surface area contributed by atoms with Gasteiger partial charge in [-0.15, -0.1) is 5.10 Å². The number of carbonyl (C=O) groups excluding carboxylic acids is 1. The van der Waals surface area contributed by atoms with Gasteiger partial charge in [-0.25, -0.2) is 14.3 Å². The molecule has 0 spiro atoms. The van der Waals surface area contributed by atoms with Crippen molar-refractivity contribution in [2.45, 2.75) is 40.0 Å². The fourth-order valence-electron chi connectivity index (χ4n) is 4.10. The number of rotatable bonds is 6. The number of hydrogen-bond donors (Lipinski definition) is 2. The molecule has 2 N–H and O–H groups in total. The second kappa shape index (κ2) is 9.84. The molecule has 0 saturated carbocycles. The molecule has 1 fully saturated rings. The Bertz CT molecular complexity index is 1240. The minimum absolute atomic E-state index is 0.143. The van der Waals surface area contributed by atoms with Crippen LogP contribution in [0, 0.1) is 6.92 Å². The Morgan fingerprint density at radius 1 is 1.24 bits per heavy atom. The van der Waals surface area contributed by atoms with Crippen molar-refractivity contribution >= 4 is 17.2 Å². The van der Waals surface area contributed by atoms with Gasteiger partial charge in [-0.2, -0.15) is 0 Å². The summed E-state index contributed by atoms with van der Waals surface area (Å²) in [7, 11) is 2.05. The van der Waals surface area contributed by atoms with E-state index >= 15 is 0 Å². The Kier molecular flexibility index (Phi) is 6.87. The molecule has 0 bridgehead atoms. The summed E-state index contributed by atoms with van der Waals surface area (Å²) in [6, 6.07) is 5.22. The molecule has 2 aromatic heterocycles. The van der Waals surface area contributed by atoms with Gasteiger partial charge in [0.2, 0.25) is 0 Å². The maximum atomic E-state index is 13.0. The van der Waals surface area contributed by atoms with Crippen LogP contribution in [0.25, 0.3) is 16.9 Å². The first-order valence-corrected chi connectivity index (χ1v) is 11.8. The zero-order valence-electron chi connectivity index (χ0n) is 20.5. The molecule has 1 aliphatic heterocycles. The van der Waals surface area contributed by atoms with E-state index in [4.69, 9.17) is 9.84 Å². The van der Waals surface area contributed by atoms with Gasteiger partial charge in [-0.1, -0.05) is 13.8 Å². The molecule has 1 aliphatic rings. The maximum Gasteiger partial charge on any atom is 0.321 e. The summed E-state index contributed by atoms with van der Waals surface area (Å²) in [6.07, 6.45) is 0.875. The topological polar surface area (TPSA) is 108 Å². The van der Waals surface area contributed by atoms with Crippen molar-refractivity contribution in [3.8, 4) is 17.1 Å². The van der Waals surface area contributed by atoms with Crippen molar-refractivity contribution in [3.63, 3.8) is 0 Å². The molecule has 2 amide bonds. The third kappa shape index (κ3) is 4.63. The molecule has 34 heavy (non-hydrogen) atoms. The molecule has 182 valence electrons. The molecule has 4 rings (SSSR count). The second-order valence-electron chi connectivity index (χ2n) is 8.79. The SMILES string of the molecule is CCOc1ccc(NC(=O)N2CCN(C)CC2)cc1-c1nn2c(C(C)CC)nc(C)c2c(=O)[nH]1. The van der Waals surface area contributed by atoms with Crippen molar-refractivity contribution in [2.24, 2.45) is 0 Å². The van der Waals surface area contributed by atoms with Crippen molar-refractivity contribution in [1.29, 1.82) is 0 Å². The lowest BCUT2D eigenvalue weighted by Crippen LogP contribution is -2.48. The number of ether oxygens (including phenoxy) is 1. The highest BCUT2D eigenvalue weighted by Crippen LogP contribution is 2.31. The van der Waals surface area contributed by atoms with E-state index < -0.39 is 0 Å². The van der Waals surface area contributed by atoms with Crippen LogP contribution in [-0.4, -0.2) is 75.2 Å². The summed E-state index contributed by atoms with van der Waals surface area (Å²) in [6.45, 7) is 11.4. The standard InChI is InChI=1S/C24H33N7O3/c1-6-15(3)22-25-16(4)20-23(32)27-21(28-31(20)22)18-14-17(8-9-19(18)34-7-2)26-24(33)30-12-10-29(5)11-13-30/h8-9,14-15H,6-7,10-13H2,1-5H3,(H,26,33)(H,27,28,32). The number of nitrogens with one attached hydrogen (secondary N) is 2. The normalized spacial score (nSPS) is 15.5. The van der Waals surface area contributed by atoms with Crippen LogP contribution >= 0.6 is 0 Å². The molecular formula is C24H33N7O3. The molecule has 3 aromatic rings. The number of aromatic nitrogens is 4. The van der Waals surface area contributed by atoms with Gasteiger partial charge in [0.15, 0.2) is 11.3 Å². The number of nitrogens with zero attached hydrogens (tertiary/aromatic N) is 5. The highest BCUT2D eigenvalue weighted by molar-refractivity contribution is 5.90. The van der Waals surface area contributed by atoms with Gasteiger partial charge in [-0.05, 0) is 45.5 Å². The number of piperazine rings is 1. The Morgan fingerprint density at radius 2 is 1.97 bits per heavy atom. The van der Waals surface area contributed by atoms with Crippen LogP contribution in [0.1, 0.15) is 44.6 Å². The number of fused-ring (bicyclic) bond motifs is 1. The largest absolute Gasteiger partial charge is 0.493 e. The molecule has 0 radical (unpaired) electrons. The lowest BCUT2D eigenvalue weighted by molar-refractivity contribution is 0.164. The number of aromatic amines is 1. The van der Waals surface area contributed by atoms with Crippen molar-refractivity contribution in [2.75, 3.05) is 45.2 Å². The lowest BCUT2D eigenvalue weighted by atomic mass is 10.1. The molecule has 10 heteroatoms. The minimum Gasteiger partial charge on any atom is -0.493 e. The number of aryl methyl sites for hydroxylation is 1. The number of amides is 2. The fraction of sp³-hybridized carbons (Fsp3) is 0.500. The Morgan fingerprint density at radius 3 is 2.65 bits per heavy atom. The zero-order valence-corrected chi connectivity index (χ0v) is 20.5. The number of urea groups is 1. The van der Waals surface area contributed by atoms with E-state index in [-0.39, 0.29) is 17.5 Å². The Labute approximate surface area is 198 Å². The van der Waals surface area contributed by atoms with Crippen LogP contribution in [0.3, 0.4) is 0 Å². The molecule has 10 nitrogen and oxygen atoms in total. The average Bonchev–Trinajstić information content (AvgIpc) is 3.16. The number of H-pyrrole nitrogens is 1. The van der Waals surface area contributed by atoms with Gasteiger partial charge in [0.05, 0.1) is 17.9 Å². The number of benzene rings is 1. The van der Waals surface area contributed by atoms with E-state index in [0.717, 1.165) is 25.3 Å². The van der Waals surface area contributed by atoms with E-state index in [2.05, 4.69) is 34.0 Å². The van der Waals surface area contributed by atoms with Crippen molar-refractivity contribution in [3.05, 3.63) is 40.1 Å². The maximum absolute atomic E-state index is 13.0. The van der Waals surface area contributed by atoms with E-state index in [1.54, 1.807) is 27.6 Å². The molecule has 0 aliphatic carbocycles. The van der Waals surface area contributed by atoms with Crippen LogP contribution in [-0.2, 0) is 0 Å². The van der Waals surface area contributed by atoms with Gasteiger partial charge in [0.25, 0.3) is 5.56 Å². The van der Waals surface area contributed by atoms with Crippen LogP contribution in [0.2, 0.25) is 0 Å². The molecule has 1 atom stereocenters. The molecule has 3 heterocycles. The van der Waals surface area contributed by atoms with Crippen molar-refractivity contribution < 1.29 is 9.53 Å². The lowest BCUT2D eigenvalue weighted by Gasteiger charge is -2.32. The zero-order chi connectivity index (χ0) is 24.4. The van der Waals surface area contributed by atoms with Gasteiger partial charge >= 0.3 is 6.03 Å². The van der Waals surface area contributed by atoms with Gasteiger partial charge in [0, 0.05) is 37.8 Å². The third-order valence-corrected chi connectivity index (χ3v) is 6.33. The van der Waals surface area contributed by atoms with E-state index in [1.165, 1.54) is 0 Å². The van der Waals surface area contributed by atoms with Crippen LogP contribution in [0.15, 0.2) is 23.0 Å². The van der Waals surface area contributed by atoms with Crippen LogP contribution in [0.4, 0.5) is 10.5 Å². The Hall–Kier alpha value is -3.40. The van der Waals surface area contributed by atoms with Gasteiger partial charge in [0.1, 0.15) is 11.6 Å². The third-order valence-electron chi connectivity index (χ3n) is 6.33. The Balaban J connectivity index is 1.74. The number of hydrogen-bond acceptors (Lipinski definition) is 6. The van der Waals surface area contributed by atoms with E-state index in [1.807, 2.05) is 20.9 Å². The summed E-state index contributed by atoms with van der Waals surface area (Å²) in [4.78, 5) is 37.3. The summed E-state index contributed by atoms with van der Waals surface area (Å²) >= 11 is 0. The molecule has 1 saturated heterocycles. The summed E-state index contributed by atoms with van der Waals surface area (Å²) in [5, 5.41) is 7.72. The first-order chi connectivity index (χ1) is 16.3. The molecule has 1 unspecified atom stereocenters. The quantitative estimate of drug-likeness (QED) is 0.577. The molecule has 1 aromatic carbocycles. The summed E-state index contributed by atoms with van der Waals surface area (Å²) in [5.41, 5.74) is 2.02. The predicted molar refractivity (Wildman–Crippen MR) is 132 cm³/mol. The van der Waals surface area contributed by atoms with Gasteiger partial charge < -0.3 is 24.8 Å². The first-order valence-electron chi connectivity index (χ1n) is 11.8. The first kappa shape index (κ1) is 23.7. The number of likely N-dealkylation sites (N-methyl/N-ethyl adjacent to an activating group) is 1. The average molecular weight is 468 g/mol. The number of imidazole rings is 1. The van der Waals surface area contributed by atoms with Crippen LogP contribution in [0.5, 0.6) is 5.75 Å². The summed E-state index contributed by atoms with van der Waals surface area (Å²) in [5.74, 6) is 1.83. The van der Waals surface area contributed by atoms with Crippen LogP contribution < -0.4 is 15.6 Å². The highest BCUT2D eigenvalue weighted by Gasteiger charge is 2.22. The smallest absolute Gasteiger partial charge is 0.321 e. The summed E-state index contributed by atoms with van der Waals surface area (Å²) < 4.78 is 7.46. The number of anilines is 1. The predicted octanol–water partition coefficient (Wildman–Crippen LogP) is 3.08. The minimum atomic E-state index is -0.265. The monoisotopic (exact) mass is 467 g/mol. The van der Waals surface area contributed by atoms with Gasteiger partial charge in [-0.3, -0.25) is 4.79 Å². The second-order valence-corrected chi connectivity index (χ2v) is 8.79. The highest BCUT2D eigenvalue weighted by atomic mass is 16.5. The molecular weight excluding hydrogens is 434 g/mol.